The van der Waals surface area contributed by atoms with E-state index in [2.05, 4.69) is 23.3 Å². The van der Waals surface area contributed by atoms with Crippen molar-refractivity contribution in [2.45, 2.75) is 25.8 Å². The molecule has 0 spiro atoms. The van der Waals surface area contributed by atoms with Crippen LogP contribution >= 0.6 is 11.3 Å². The number of ether oxygens (including phenoxy) is 1. The molecule has 21 heavy (non-hydrogen) atoms. The fourth-order valence-electron chi connectivity index (χ4n) is 2.48. The van der Waals surface area contributed by atoms with Crippen molar-refractivity contribution < 1.29 is 9.53 Å². The van der Waals surface area contributed by atoms with E-state index < -0.39 is 5.97 Å². The zero-order chi connectivity index (χ0) is 15.4. The molecule has 0 aliphatic carbocycles. The van der Waals surface area contributed by atoms with Crippen LogP contribution in [-0.4, -0.2) is 43.7 Å². The van der Waals surface area contributed by atoms with E-state index in [1.165, 1.54) is 17.8 Å². The molecule has 1 atom stereocenters. The second-order valence-corrected chi connectivity index (χ2v) is 6.06. The van der Waals surface area contributed by atoms with Crippen molar-refractivity contribution in [2.75, 3.05) is 37.8 Å². The molecule has 2 rings (SSSR count). The van der Waals surface area contributed by atoms with Gasteiger partial charge in [-0.2, -0.15) is 5.26 Å². The van der Waals surface area contributed by atoms with Gasteiger partial charge in [0.1, 0.15) is 21.5 Å². The SMILES string of the molecule is CCOC(=O)c1sc(NCC2CCCN2C)c(C#N)c1N. The van der Waals surface area contributed by atoms with Crippen LogP contribution in [0.5, 0.6) is 0 Å². The summed E-state index contributed by atoms with van der Waals surface area (Å²) in [7, 11) is 2.09. The van der Waals surface area contributed by atoms with Gasteiger partial charge in [-0.25, -0.2) is 4.79 Å². The molecule has 0 aromatic carbocycles. The summed E-state index contributed by atoms with van der Waals surface area (Å²) in [4.78, 5) is 14.4. The summed E-state index contributed by atoms with van der Waals surface area (Å²) in [5, 5.41) is 13.2. The van der Waals surface area contributed by atoms with Gasteiger partial charge in [-0.3, -0.25) is 0 Å². The Hall–Kier alpha value is -1.78. The number of hydrogen-bond donors (Lipinski definition) is 2. The molecule has 1 unspecified atom stereocenters. The molecule has 1 aromatic rings. The summed E-state index contributed by atoms with van der Waals surface area (Å²) in [6.07, 6.45) is 2.32. The van der Waals surface area contributed by atoms with Gasteiger partial charge >= 0.3 is 5.97 Å². The molecule has 1 fully saturated rings. The minimum atomic E-state index is -0.470. The van der Waals surface area contributed by atoms with Gasteiger partial charge in [0.05, 0.1) is 12.3 Å². The third kappa shape index (κ3) is 3.28. The number of thiophene rings is 1. The van der Waals surface area contributed by atoms with Gasteiger partial charge < -0.3 is 20.7 Å². The van der Waals surface area contributed by atoms with E-state index in [9.17, 15) is 10.1 Å². The Labute approximate surface area is 128 Å². The zero-order valence-electron chi connectivity index (χ0n) is 12.3. The zero-order valence-corrected chi connectivity index (χ0v) is 13.1. The standard InChI is InChI=1S/C14H20N4O2S/c1-3-20-14(19)12-11(16)10(7-15)13(21-12)17-8-9-5-4-6-18(9)2/h9,17H,3-6,8,16H2,1-2H3. The smallest absolute Gasteiger partial charge is 0.350 e. The van der Waals surface area contributed by atoms with E-state index in [0.29, 0.717) is 21.5 Å². The quantitative estimate of drug-likeness (QED) is 0.807. The highest BCUT2D eigenvalue weighted by Crippen LogP contribution is 2.35. The van der Waals surface area contributed by atoms with E-state index in [1.54, 1.807) is 6.92 Å². The first-order chi connectivity index (χ1) is 10.1. The Morgan fingerprint density at radius 1 is 1.67 bits per heavy atom. The summed E-state index contributed by atoms with van der Waals surface area (Å²) in [6, 6.07) is 2.52. The Balaban J connectivity index is 2.13. The van der Waals surface area contributed by atoms with Crippen molar-refractivity contribution in [3.05, 3.63) is 10.4 Å². The highest BCUT2D eigenvalue weighted by molar-refractivity contribution is 7.18. The molecule has 1 aliphatic heterocycles. The van der Waals surface area contributed by atoms with E-state index in [0.717, 1.165) is 19.5 Å². The topological polar surface area (TPSA) is 91.4 Å². The Morgan fingerprint density at radius 3 is 3.00 bits per heavy atom. The molecule has 0 saturated carbocycles. The molecular formula is C14H20N4O2S. The predicted molar refractivity (Wildman–Crippen MR) is 83.5 cm³/mol. The lowest BCUT2D eigenvalue weighted by atomic mass is 10.2. The maximum absolute atomic E-state index is 11.8. The summed E-state index contributed by atoms with van der Waals surface area (Å²) in [5.41, 5.74) is 6.44. The number of likely N-dealkylation sites (N-methyl/N-ethyl adjacent to an activating group) is 1. The Bertz CT molecular complexity index is 564. The number of carbonyl (C=O) groups excluding carboxylic acids is 1. The molecule has 0 amide bonds. The van der Waals surface area contributed by atoms with Crippen LogP contribution in [0.1, 0.15) is 35.0 Å². The Kier molecular flexibility index (Phi) is 5.04. The maximum atomic E-state index is 11.8. The highest BCUT2D eigenvalue weighted by Gasteiger charge is 2.24. The average Bonchev–Trinajstić information content (AvgIpc) is 3.00. The lowest BCUT2D eigenvalue weighted by Crippen LogP contribution is -2.31. The van der Waals surface area contributed by atoms with E-state index >= 15 is 0 Å². The second kappa shape index (κ2) is 6.78. The first kappa shape index (κ1) is 15.6. The predicted octanol–water partition coefficient (Wildman–Crippen LogP) is 1.88. The number of likely N-dealkylation sites (tertiary alicyclic amines) is 1. The molecule has 7 heteroatoms. The van der Waals surface area contributed by atoms with Gasteiger partial charge in [-0.15, -0.1) is 11.3 Å². The van der Waals surface area contributed by atoms with Crippen molar-refractivity contribution in [3.63, 3.8) is 0 Å². The van der Waals surface area contributed by atoms with E-state index in [4.69, 9.17) is 10.5 Å². The molecule has 0 radical (unpaired) electrons. The fourth-order valence-corrected chi connectivity index (χ4v) is 3.45. The molecule has 0 bridgehead atoms. The van der Waals surface area contributed by atoms with Crippen molar-refractivity contribution in [1.82, 2.24) is 4.90 Å². The number of carbonyl (C=O) groups is 1. The number of anilines is 2. The molecule has 1 aromatic heterocycles. The lowest BCUT2D eigenvalue weighted by Gasteiger charge is -2.19. The van der Waals surface area contributed by atoms with E-state index in [1.807, 2.05) is 0 Å². The van der Waals surface area contributed by atoms with Crippen molar-refractivity contribution in [2.24, 2.45) is 0 Å². The van der Waals surface area contributed by atoms with Crippen LogP contribution in [0.15, 0.2) is 0 Å². The molecule has 1 aliphatic rings. The van der Waals surface area contributed by atoms with Crippen LogP contribution in [0.3, 0.4) is 0 Å². The Morgan fingerprint density at radius 2 is 2.43 bits per heavy atom. The summed E-state index contributed by atoms with van der Waals surface area (Å²) in [5.74, 6) is -0.470. The summed E-state index contributed by atoms with van der Waals surface area (Å²) >= 11 is 1.19. The average molecular weight is 308 g/mol. The first-order valence-corrected chi connectivity index (χ1v) is 7.83. The van der Waals surface area contributed by atoms with E-state index in [-0.39, 0.29) is 12.3 Å². The highest BCUT2D eigenvalue weighted by atomic mass is 32.1. The largest absolute Gasteiger partial charge is 0.462 e. The second-order valence-electron chi connectivity index (χ2n) is 5.04. The number of nitrogens with zero attached hydrogens (tertiary/aromatic N) is 2. The third-order valence-corrected chi connectivity index (χ3v) is 4.83. The number of nitrogen functional groups attached to an aromatic ring is 1. The van der Waals surface area contributed by atoms with Crippen LogP contribution in [0.25, 0.3) is 0 Å². The van der Waals surface area contributed by atoms with Crippen LogP contribution in [0.2, 0.25) is 0 Å². The van der Waals surface area contributed by atoms with Crippen molar-refractivity contribution in [3.8, 4) is 6.07 Å². The molecule has 114 valence electrons. The molecule has 2 heterocycles. The first-order valence-electron chi connectivity index (χ1n) is 7.02. The molecule has 3 N–H and O–H groups in total. The molecule has 1 saturated heterocycles. The molecule has 6 nitrogen and oxygen atoms in total. The fraction of sp³-hybridized carbons (Fsp3) is 0.571. The van der Waals surface area contributed by atoms with Gasteiger partial charge in [0.2, 0.25) is 0 Å². The number of hydrogen-bond acceptors (Lipinski definition) is 7. The monoisotopic (exact) mass is 308 g/mol. The maximum Gasteiger partial charge on any atom is 0.350 e. The van der Waals surface area contributed by atoms with Gasteiger partial charge in [0.25, 0.3) is 0 Å². The number of nitriles is 1. The number of nitrogens with two attached hydrogens (primary N) is 1. The number of rotatable bonds is 5. The number of esters is 1. The normalized spacial score (nSPS) is 18.4. The minimum absolute atomic E-state index is 0.211. The number of nitrogens with one attached hydrogen (secondary N) is 1. The van der Waals surface area contributed by atoms with Crippen molar-refractivity contribution >= 4 is 28.0 Å². The van der Waals surface area contributed by atoms with Crippen LogP contribution in [0.4, 0.5) is 10.7 Å². The van der Waals surface area contributed by atoms with Gasteiger partial charge in [0.15, 0.2) is 0 Å². The summed E-state index contributed by atoms with van der Waals surface area (Å²) < 4.78 is 4.96. The third-order valence-electron chi connectivity index (χ3n) is 3.69. The van der Waals surface area contributed by atoms with Crippen LogP contribution < -0.4 is 11.1 Å². The van der Waals surface area contributed by atoms with Crippen molar-refractivity contribution in [1.29, 1.82) is 5.26 Å². The van der Waals surface area contributed by atoms with Crippen LogP contribution in [-0.2, 0) is 4.74 Å². The van der Waals surface area contributed by atoms with Crippen LogP contribution in [0, 0.1) is 11.3 Å². The summed E-state index contributed by atoms with van der Waals surface area (Å²) in [6.45, 7) is 3.86. The molecular weight excluding hydrogens is 288 g/mol. The van der Waals surface area contributed by atoms with Gasteiger partial charge in [-0.05, 0) is 33.4 Å². The van der Waals surface area contributed by atoms with Gasteiger partial charge in [-0.1, -0.05) is 0 Å². The minimum Gasteiger partial charge on any atom is -0.462 e. The van der Waals surface area contributed by atoms with Gasteiger partial charge in [0, 0.05) is 12.6 Å². The lowest BCUT2D eigenvalue weighted by molar-refractivity contribution is 0.0533.